The van der Waals surface area contributed by atoms with Gasteiger partial charge in [0.15, 0.2) is 0 Å². The maximum atomic E-state index is 11.3. The van der Waals surface area contributed by atoms with E-state index in [9.17, 15) is 9.90 Å². The quantitative estimate of drug-likeness (QED) is 0.545. The fraction of sp³-hybridized carbons (Fsp3) is 0.435. The molecule has 0 radical (unpaired) electrons. The summed E-state index contributed by atoms with van der Waals surface area (Å²) in [6.45, 7) is 7.02. The SMILES string of the molecule is CCCCOc1ccc(-c2ccc3c(c2)CCC(C)(C)C3NC(=O)O)cc1Cl. The van der Waals surface area contributed by atoms with Crippen LogP contribution in [0.4, 0.5) is 4.79 Å². The molecule has 0 aromatic heterocycles. The van der Waals surface area contributed by atoms with Gasteiger partial charge >= 0.3 is 6.09 Å². The molecule has 0 fully saturated rings. The summed E-state index contributed by atoms with van der Waals surface area (Å²) in [6.07, 6.45) is 2.96. The number of ether oxygens (including phenoxy) is 1. The Bertz CT molecular complexity index is 863. The Kier molecular flexibility index (Phi) is 6.19. The molecule has 28 heavy (non-hydrogen) atoms. The molecule has 1 unspecified atom stereocenters. The Morgan fingerprint density at radius 1 is 1.25 bits per heavy atom. The van der Waals surface area contributed by atoms with Crippen LogP contribution in [0.3, 0.4) is 0 Å². The van der Waals surface area contributed by atoms with Crippen molar-refractivity contribution in [3.8, 4) is 16.9 Å². The second-order valence-corrected chi connectivity index (χ2v) is 8.54. The third kappa shape index (κ3) is 4.44. The molecule has 4 nitrogen and oxygen atoms in total. The van der Waals surface area contributed by atoms with Gasteiger partial charge in [0.1, 0.15) is 5.75 Å². The summed E-state index contributed by atoms with van der Waals surface area (Å²) in [5.41, 5.74) is 4.24. The van der Waals surface area contributed by atoms with E-state index >= 15 is 0 Å². The maximum absolute atomic E-state index is 11.3. The summed E-state index contributed by atoms with van der Waals surface area (Å²) in [7, 11) is 0. The highest BCUT2D eigenvalue weighted by atomic mass is 35.5. The van der Waals surface area contributed by atoms with E-state index in [1.54, 1.807) is 0 Å². The fourth-order valence-corrected chi connectivity index (χ4v) is 4.06. The Balaban J connectivity index is 1.88. The number of unbranched alkanes of at least 4 members (excludes halogenated alkanes) is 1. The predicted molar refractivity (Wildman–Crippen MR) is 113 cm³/mol. The van der Waals surface area contributed by atoms with Crippen molar-refractivity contribution < 1.29 is 14.6 Å². The zero-order valence-corrected chi connectivity index (χ0v) is 17.5. The first kappa shape index (κ1) is 20.5. The van der Waals surface area contributed by atoms with Gasteiger partial charge in [-0.05, 0) is 59.1 Å². The van der Waals surface area contributed by atoms with E-state index in [0.29, 0.717) is 17.4 Å². The molecular formula is C23H28ClNO3. The van der Waals surface area contributed by atoms with Crippen LogP contribution in [0, 0.1) is 5.41 Å². The molecule has 1 atom stereocenters. The number of hydrogen-bond donors (Lipinski definition) is 2. The summed E-state index contributed by atoms with van der Waals surface area (Å²) in [5, 5.41) is 12.6. The average Bonchev–Trinajstić information content (AvgIpc) is 2.65. The first-order chi connectivity index (χ1) is 13.3. The highest BCUT2D eigenvalue weighted by Gasteiger charge is 2.37. The van der Waals surface area contributed by atoms with Crippen LogP contribution in [-0.4, -0.2) is 17.8 Å². The van der Waals surface area contributed by atoms with Crippen LogP contribution in [-0.2, 0) is 6.42 Å². The molecule has 1 aliphatic rings. The summed E-state index contributed by atoms with van der Waals surface area (Å²) >= 11 is 6.42. The smallest absolute Gasteiger partial charge is 0.405 e. The molecule has 2 aromatic carbocycles. The maximum Gasteiger partial charge on any atom is 0.405 e. The van der Waals surface area contributed by atoms with Gasteiger partial charge in [0.05, 0.1) is 17.7 Å². The van der Waals surface area contributed by atoms with Crippen molar-refractivity contribution >= 4 is 17.7 Å². The molecule has 0 heterocycles. The molecule has 0 aliphatic heterocycles. The number of nitrogens with one attached hydrogen (secondary N) is 1. The van der Waals surface area contributed by atoms with E-state index in [1.807, 2.05) is 30.3 Å². The molecule has 0 saturated carbocycles. The second-order valence-electron chi connectivity index (χ2n) is 8.13. The lowest BCUT2D eigenvalue weighted by Crippen LogP contribution is -2.40. The topological polar surface area (TPSA) is 58.6 Å². The number of benzene rings is 2. The molecule has 150 valence electrons. The minimum absolute atomic E-state index is 0.117. The normalized spacial score (nSPS) is 17.6. The molecule has 0 saturated heterocycles. The highest BCUT2D eigenvalue weighted by Crippen LogP contribution is 2.44. The number of rotatable bonds is 6. The first-order valence-electron chi connectivity index (χ1n) is 9.87. The van der Waals surface area contributed by atoms with E-state index in [4.69, 9.17) is 16.3 Å². The van der Waals surface area contributed by atoms with Crippen molar-refractivity contribution in [2.45, 2.75) is 52.5 Å². The number of carboxylic acid groups (broad SMARTS) is 1. The molecule has 5 heteroatoms. The van der Waals surface area contributed by atoms with Gasteiger partial charge in [-0.15, -0.1) is 0 Å². The number of halogens is 1. The molecule has 1 aliphatic carbocycles. The van der Waals surface area contributed by atoms with Crippen LogP contribution >= 0.6 is 11.6 Å². The molecule has 2 N–H and O–H groups in total. The van der Waals surface area contributed by atoms with Gasteiger partial charge in [0, 0.05) is 0 Å². The van der Waals surface area contributed by atoms with Gasteiger partial charge in [-0.3, -0.25) is 0 Å². The van der Waals surface area contributed by atoms with Crippen molar-refractivity contribution in [2.24, 2.45) is 5.41 Å². The van der Waals surface area contributed by atoms with Crippen LogP contribution in [0.1, 0.15) is 57.2 Å². The lowest BCUT2D eigenvalue weighted by atomic mass is 9.70. The van der Waals surface area contributed by atoms with E-state index in [2.05, 4.69) is 32.2 Å². The Morgan fingerprint density at radius 2 is 1.96 bits per heavy atom. The van der Waals surface area contributed by atoms with Gasteiger partial charge in [0.25, 0.3) is 0 Å². The minimum Gasteiger partial charge on any atom is -0.492 e. The summed E-state index contributed by atoms with van der Waals surface area (Å²) < 4.78 is 5.74. The summed E-state index contributed by atoms with van der Waals surface area (Å²) in [5.74, 6) is 0.712. The van der Waals surface area contributed by atoms with Gasteiger partial charge in [-0.2, -0.15) is 0 Å². The molecule has 3 rings (SSSR count). The molecule has 0 bridgehead atoms. The second kappa shape index (κ2) is 8.44. The minimum atomic E-state index is -0.986. The monoisotopic (exact) mass is 401 g/mol. The summed E-state index contributed by atoms with van der Waals surface area (Å²) in [6, 6.07) is 11.9. The molecular weight excluding hydrogens is 374 g/mol. The fourth-order valence-electron chi connectivity index (χ4n) is 3.83. The third-order valence-electron chi connectivity index (χ3n) is 5.56. The van der Waals surface area contributed by atoms with Crippen LogP contribution in [0.25, 0.3) is 11.1 Å². The predicted octanol–water partition coefficient (Wildman–Crippen LogP) is 6.47. The van der Waals surface area contributed by atoms with Crippen LogP contribution in [0.5, 0.6) is 5.75 Å². The van der Waals surface area contributed by atoms with E-state index in [1.165, 1.54) is 5.56 Å². The van der Waals surface area contributed by atoms with Crippen molar-refractivity contribution in [1.29, 1.82) is 0 Å². The Morgan fingerprint density at radius 3 is 2.64 bits per heavy atom. The largest absolute Gasteiger partial charge is 0.492 e. The van der Waals surface area contributed by atoms with Crippen molar-refractivity contribution in [1.82, 2.24) is 5.32 Å². The lowest BCUT2D eigenvalue weighted by molar-refractivity contribution is 0.161. The van der Waals surface area contributed by atoms with Crippen LogP contribution in [0.15, 0.2) is 36.4 Å². The van der Waals surface area contributed by atoms with Crippen molar-refractivity contribution in [3.05, 3.63) is 52.5 Å². The number of aryl methyl sites for hydroxylation is 1. The number of carbonyl (C=O) groups is 1. The first-order valence-corrected chi connectivity index (χ1v) is 10.2. The molecule has 2 aromatic rings. The van der Waals surface area contributed by atoms with Crippen LogP contribution in [0.2, 0.25) is 5.02 Å². The zero-order valence-electron chi connectivity index (χ0n) is 16.7. The molecule has 0 spiro atoms. The van der Waals surface area contributed by atoms with Gasteiger partial charge in [-0.25, -0.2) is 4.79 Å². The number of hydrogen-bond acceptors (Lipinski definition) is 2. The van der Waals surface area contributed by atoms with E-state index in [0.717, 1.165) is 42.4 Å². The van der Waals surface area contributed by atoms with Crippen molar-refractivity contribution in [3.63, 3.8) is 0 Å². The highest BCUT2D eigenvalue weighted by molar-refractivity contribution is 6.32. The van der Waals surface area contributed by atoms with Gasteiger partial charge in [-0.1, -0.05) is 63.1 Å². The van der Waals surface area contributed by atoms with Gasteiger partial charge < -0.3 is 15.2 Å². The third-order valence-corrected chi connectivity index (χ3v) is 5.86. The number of fused-ring (bicyclic) bond motifs is 1. The lowest BCUT2D eigenvalue weighted by Gasteiger charge is -2.40. The van der Waals surface area contributed by atoms with Gasteiger partial charge in [0.2, 0.25) is 0 Å². The number of amides is 1. The molecule has 1 amide bonds. The van der Waals surface area contributed by atoms with E-state index < -0.39 is 6.09 Å². The average molecular weight is 402 g/mol. The van der Waals surface area contributed by atoms with E-state index in [-0.39, 0.29) is 11.5 Å². The zero-order chi connectivity index (χ0) is 20.3. The van der Waals surface area contributed by atoms with Crippen molar-refractivity contribution in [2.75, 3.05) is 6.61 Å². The standard InChI is InChI=1S/C23H28ClNO3/c1-4-5-12-28-20-9-7-16(14-19(20)24)15-6-8-18-17(13-15)10-11-23(2,3)21(18)25-22(26)27/h6-9,13-14,21,25H,4-5,10-12H2,1-3H3,(H,26,27). The Hall–Kier alpha value is -2.20. The van der Waals surface area contributed by atoms with Crippen LogP contribution < -0.4 is 10.1 Å². The Labute approximate surface area is 171 Å². The summed E-state index contributed by atoms with van der Waals surface area (Å²) in [4.78, 5) is 11.3.